The van der Waals surface area contributed by atoms with Crippen molar-refractivity contribution in [2.45, 2.75) is 26.3 Å². The van der Waals surface area contributed by atoms with E-state index in [1.165, 1.54) is 6.08 Å². The molecule has 20 heavy (non-hydrogen) atoms. The number of hydrogen-bond donors (Lipinski definition) is 1. The summed E-state index contributed by atoms with van der Waals surface area (Å²) in [4.78, 5) is 25.8. The van der Waals surface area contributed by atoms with Gasteiger partial charge >= 0.3 is 11.7 Å². The maximum absolute atomic E-state index is 11.8. The minimum Gasteiger partial charge on any atom is -0.462 e. The SMILES string of the molecule is CC/C=C/C(=O)OCCCn1c(=O)[nH]c2ccccc21. The Labute approximate surface area is 116 Å². The van der Waals surface area contributed by atoms with Gasteiger partial charge in [0.1, 0.15) is 0 Å². The maximum atomic E-state index is 11.8. The van der Waals surface area contributed by atoms with Gasteiger partial charge in [-0.25, -0.2) is 9.59 Å². The average Bonchev–Trinajstić information content (AvgIpc) is 2.77. The predicted octanol–water partition coefficient (Wildman–Crippen LogP) is 2.23. The normalized spacial score (nSPS) is 11.2. The van der Waals surface area contributed by atoms with Gasteiger partial charge in [0.15, 0.2) is 0 Å². The second kappa shape index (κ2) is 6.75. The van der Waals surface area contributed by atoms with Crippen molar-refractivity contribution in [3.63, 3.8) is 0 Å². The molecule has 1 N–H and O–H groups in total. The molecule has 0 amide bonds. The van der Waals surface area contributed by atoms with E-state index in [-0.39, 0.29) is 11.7 Å². The molecular formula is C15H18N2O3. The smallest absolute Gasteiger partial charge is 0.330 e. The molecule has 0 saturated carbocycles. The summed E-state index contributed by atoms with van der Waals surface area (Å²) < 4.78 is 6.70. The van der Waals surface area contributed by atoms with Crippen molar-refractivity contribution in [3.05, 3.63) is 46.9 Å². The minimum atomic E-state index is -0.335. The predicted molar refractivity (Wildman–Crippen MR) is 77.6 cm³/mol. The van der Waals surface area contributed by atoms with Gasteiger partial charge in [-0.05, 0) is 25.0 Å². The maximum Gasteiger partial charge on any atom is 0.330 e. The third-order valence-corrected chi connectivity index (χ3v) is 2.94. The Bertz CT molecular complexity index is 667. The lowest BCUT2D eigenvalue weighted by atomic mass is 10.3. The van der Waals surface area contributed by atoms with E-state index in [1.807, 2.05) is 31.2 Å². The molecule has 2 rings (SSSR count). The summed E-state index contributed by atoms with van der Waals surface area (Å²) in [5, 5.41) is 0. The largest absolute Gasteiger partial charge is 0.462 e. The zero-order valence-corrected chi connectivity index (χ0v) is 11.5. The van der Waals surface area contributed by atoms with Crippen molar-refractivity contribution in [1.82, 2.24) is 9.55 Å². The number of nitrogens with one attached hydrogen (secondary N) is 1. The van der Waals surface area contributed by atoms with Crippen molar-refractivity contribution in [3.8, 4) is 0 Å². The fraction of sp³-hybridized carbons (Fsp3) is 0.333. The number of imidazole rings is 1. The molecule has 5 nitrogen and oxygen atoms in total. The summed E-state index contributed by atoms with van der Waals surface area (Å²) >= 11 is 0. The summed E-state index contributed by atoms with van der Waals surface area (Å²) in [6, 6.07) is 7.53. The number of benzene rings is 1. The number of ether oxygens (including phenoxy) is 1. The number of hydrogen-bond acceptors (Lipinski definition) is 3. The van der Waals surface area contributed by atoms with Crippen molar-refractivity contribution < 1.29 is 9.53 Å². The lowest BCUT2D eigenvalue weighted by molar-refractivity contribution is -0.137. The number of allylic oxidation sites excluding steroid dienone is 1. The molecule has 1 aromatic heterocycles. The number of para-hydroxylation sites is 2. The number of nitrogens with zero attached hydrogens (tertiary/aromatic N) is 1. The van der Waals surface area contributed by atoms with Crippen molar-refractivity contribution in [2.24, 2.45) is 0 Å². The number of carbonyl (C=O) groups is 1. The molecule has 0 aliphatic rings. The molecule has 2 aromatic rings. The number of aromatic nitrogens is 2. The molecule has 0 atom stereocenters. The lowest BCUT2D eigenvalue weighted by Gasteiger charge is -2.04. The highest BCUT2D eigenvalue weighted by Crippen LogP contribution is 2.09. The topological polar surface area (TPSA) is 64.1 Å². The van der Waals surface area contributed by atoms with Crippen molar-refractivity contribution in [1.29, 1.82) is 0 Å². The Kier molecular flexibility index (Phi) is 4.76. The fourth-order valence-corrected chi connectivity index (χ4v) is 1.99. The molecule has 1 aromatic carbocycles. The van der Waals surface area contributed by atoms with Crippen LogP contribution in [0.3, 0.4) is 0 Å². The van der Waals surface area contributed by atoms with E-state index in [4.69, 9.17) is 4.74 Å². The first-order chi connectivity index (χ1) is 9.72. The molecule has 0 saturated heterocycles. The summed E-state index contributed by atoms with van der Waals surface area (Å²) in [6.45, 7) is 2.78. The van der Waals surface area contributed by atoms with E-state index in [2.05, 4.69) is 4.98 Å². The quantitative estimate of drug-likeness (QED) is 0.499. The minimum absolute atomic E-state index is 0.136. The third-order valence-electron chi connectivity index (χ3n) is 2.94. The monoisotopic (exact) mass is 274 g/mol. The van der Waals surface area contributed by atoms with Gasteiger partial charge < -0.3 is 9.72 Å². The summed E-state index contributed by atoms with van der Waals surface area (Å²) in [5.74, 6) is -0.335. The molecule has 0 spiro atoms. The van der Waals surface area contributed by atoms with Crippen LogP contribution >= 0.6 is 0 Å². The van der Waals surface area contributed by atoms with Gasteiger partial charge in [0, 0.05) is 12.6 Å². The Morgan fingerprint density at radius 3 is 3.00 bits per heavy atom. The van der Waals surface area contributed by atoms with Gasteiger partial charge in [-0.15, -0.1) is 0 Å². The van der Waals surface area contributed by atoms with Crippen LogP contribution in [0.5, 0.6) is 0 Å². The van der Waals surface area contributed by atoms with Crippen molar-refractivity contribution in [2.75, 3.05) is 6.61 Å². The molecule has 106 valence electrons. The van der Waals surface area contributed by atoms with E-state index < -0.39 is 0 Å². The number of aryl methyl sites for hydroxylation is 1. The second-order valence-electron chi connectivity index (χ2n) is 4.43. The summed E-state index contributed by atoms with van der Waals surface area (Å²) in [5.41, 5.74) is 1.55. The number of rotatable bonds is 6. The molecular weight excluding hydrogens is 256 g/mol. The van der Waals surface area contributed by atoms with Crippen LogP contribution in [0.25, 0.3) is 11.0 Å². The molecule has 0 fully saturated rings. The van der Waals surface area contributed by atoms with E-state index >= 15 is 0 Å². The highest BCUT2D eigenvalue weighted by Gasteiger charge is 2.05. The molecule has 5 heteroatoms. The highest BCUT2D eigenvalue weighted by molar-refractivity contribution is 5.81. The van der Waals surface area contributed by atoms with Gasteiger partial charge in [-0.1, -0.05) is 25.1 Å². The number of fused-ring (bicyclic) bond motifs is 1. The fourth-order valence-electron chi connectivity index (χ4n) is 1.99. The lowest BCUT2D eigenvalue weighted by Crippen LogP contribution is -2.18. The zero-order valence-electron chi connectivity index (χ0n) is 11.5. The van der Waals surface area contributed by atoms with E-state index in [9.17, 15) is 9.59 Å². The van der Waals surface area contributed by atoms with Crippen LogP contribution in [-0.2, 0) is 16.1 Å². The van der Waals surface area contributed by atoms with Crippen LogP contribution in [0.15, 0.2) is 41.2 Å². The highest BCUT2D eigenvalue weighted by atomic mass is 16.5. The van der Waals surface area contributed by atoms with Crippen LogP contribution in [0.1, 0.15) is 19.8 Å². The summed E-state index contributed by atoms with van der Waals surface area (Å²) in [6.07, 6.45) is 4.59. The molecule has 0 aliphatic heterocycles. The van der Waals surface area contributed by atoms with E-state index in [1.54, 1.807) is 10.6 Å². The summed E-state index contributed by atoms with van der Waals surface area (Å²) in [7, 11) is 0. The second-order valence-corrected chi connectivity index (χ2v) is 4.43. The van der Waals surface area contributed by atoms with Crippen molar-refractivity contribution >= 4 is 17.0 Å². The van der Waals surface area contributed by atoms with Crippen LogP contribution in [-0.4, -0.2) is 22.1 Å². The Morgan fingerprint density at radius 2 is 2.20 bits per heavy atom. The number of aromatic amines is 1. The molecule has 1 heterocycles. The van der Waals surface area contributed by atoms with Crippen LogP contribution in [0.2, 0.25) is 0 Å². The zero-order chi connectivity index (χ0) is 14.4. The van der Waals surface area contributed by atoms with Gasteiger partial charge in [0.25, 0.3) is 0 Å². The van der Waals surface area contributed by atoms with Gasteiger partial charge in [-0.3, -0.25) is 4.57 Å². The first kappa shape index (κ1) is 14.1. The number of H-pyrrole nitrogens is 1. The standard InChI is InChI=1S/C15H18N2O3/c1-2-3-9-14(18)20-11-6-10-17-13-8-5-4-7-12(13)16-15(17)19/h3-5,7-9H,2,6,10-11H2,1H3,(H,16,19)/b9-3+. The van der Waals surface area contributed by atoms with Crippen LogP contribution < -0.4 is 5.69 Å². The Morgan fingerprint density at radius 1 is 1.40 bits per heavy atom. The van der Waals surface area contributed by atoms with Gasteiger partial charge in [0.2, 0.25) is 0 Å². The van der Waals surface area contributed by atoms with Crippen LogP contribution in [0.4, 0.5) is 0 Å². The third kappa shape index (κ3) is 3.38. The first-order valence-electron chi connectivity index (χ1n) is 6.73. The Hall–Kier alpha value is -2.30. The first-order valence-corrected chi connectivity index (χ1v) is 6.73. The molecule has 0 aliphatic carbocycles. The van der Waals surface area contributed by atoms with E-state index in [0.29, 0.717) is 19.6 Å². The van der Waals surface area contributed by atoms with Crippen LogP contribution in [0, 0.1) is 0 Å². The van der Waals surface area contributed by atoms with Gasteiger partial charge in [-0.2, -0.15) is 0 Å². The molecule has 0 unspecified atom stereocenters. The number of carbonyl (C=O) groups excluding carboxylic acids is 1. The molecule has 0 radical (unpaired) electrons. The average molecular weight is 274 g/mol. The van der Waals surface area contributed by atoms with E-state index in [0.717, 1.165) is 17.5 Å². The molecule has 0 bridgehead atoms. The van der Waals surface area contributed by atoms with Gasteiger partial charge in [0.05, 0.1) is 17.6 Å². The number of esters is 1. The Balaban J connectivity index is 1.90.